The molecule has 1 aromatic rings. The largest absolute Gasteiger partial charge is 0.309 e. The van der Waals surface area contributed by atoms with E-state index in [1.165, 1.54) is 44.3 Å². The lowest BCUT2D eigenvalue weighted by Crippen LogP contribution is -2.44. The SMILES string of the molecule is CCCN(CC1CC1)C1Cc2ccccc2C1NCC. The first-order chi connectivity index (χ1) is 9.83. The summed E-state index contributed by atoms with van der Waals surface area (Å²) in [5, 5.41) is 3.74. The van der Waals surface area contributed by atoms with Gasteiger partial charge >= 0.3 is 0 Å². The summed E-state index contributed by atoms with van der Waals surface area (Å²) in [6, 6.07) is 10.2. The zero-order chi connectivity index (χ0) is 13.9. The van der Waals surface area contributed by atoms with Crippen LogP contribution in [-0.2, 0) is 6.42 Å². The molecule has 2 heteroatoms. The molecular formula is C18H28N2. The van der Waals surface area contributed by atoms with E-state index in [2.05, 4.69) is 48.3 Å². The molecule has 0 aliphatic heterocycles. The maximum atomic E-state index is 3.74. The minimum absolute atomic E-state index is 0.529. The van der Waals surface area contributed by atoms with Crippen LogP contribution in [0.15, 0.2) is 24.3 Å². The smallest absolute Gasteiger partial charge is 0.0484 e. The van der Waals surface area contributed by atoms with Crippen LogP contribution in [0.3, 0.4) is 0 Å². The Hall–Kier alpha value is -0.860. The van der Waals surface area contributed by atoms with E-state index in [1.807, 2.05) is 0 Å². The van der Waals surface area contributed by atoms with Crippen LogP contribution in [0.2, 0.25) is 0 Å². The van der Waals surface area contributed by atoms with Gasteiger partial charge in [0.15, 0.2) is 0 Å². The van der Waals surface area contributed by atoms with E-state index in [4.69, 9.17) is 0 Å². The lowest BCUT2D eigenvalue weighted by molar-refractivity contribution is 0.160. The average molecular weight is 272 g/mol. The van der Waals surface area contributed by atoms with Crippen LogP contribution in [0.5, 0.6) is 0 Å². The minimum Gasteiger partial charge on any atom is -0.309 e. The monoisotopic (exact) mass is 272 g/mol. The van der Waals surface area contributed by atoms with Crippen molar-refractivity contribution in [3.05, 3.63) is 35.4 Å². The highest BCUT2D eigenvalue weighted by Crippen LogP contribution is 2.37. The molecule has 1 fully saturated rings. The number of nitrogens with zero attached hydrogens (tertiary/aromatic N) is 1. The van der Waals surface area contributed by atoms with Crippen LogP contribution < -0.4 is 5.32 Å². The molecule has 0 radical (unpaired) electrons. The van der Waals surface area contributed by atoms with Gasteiger partial charge in [-0.2, -0.15) is 0 Å². The predicted molar refractivity (Wildman–Crippen MR) is 84.9 cm³/mol. The van der Waals surface area contributed by atoms with Gasteiger partial charge in [0, 0.05) is 18.6 Å². The first kappa shape index (κ1) is 14.1. The second-order valence-electron chi connectivity index (χ2n) is 6.44. The summed E-state index contributed by atoms with van der Waals surface area (Å²) in [7, 11) is 0. The summed E-state index contributed by atoms with van der Waals surface area (Å²) in [5.41, 5.74) is 3.09. The Balaban J connectivity index is 1.79. The molecule has 0 saturated heterocycles. The number of nitrogens with one attached hydrogen (secondary N) is 1. The second kappa shape index (κ2) is 6.28. The van der Waals surface area contributed by atoms with Gasteiger partial charge in [0.1, 0.15) is 0 Å². The summed E-state index contributed by atoms with van der Waals surface area (Å²) in [6.07, 6.45) is 5.39. The fraction of sp³-hybridized carbons (Fsp3) is 0.667. The molecule has 2 atom stereocenters. The summed E-state index contributed by atoms with van der Waals surface area (Å²) in [4.78, 5) is 2.77. The summed E-state index contributed by atoms with van der Waals surface area (Å²) in [6.45, 7) is 8.15. The van der Waals surface area contributed by atoms with Gasteiger partial charge in [0.2, 0.25) is 0 Å². The van der Waals surface area contributed by atoms with Gasteiger partial charge in [0.05, 0.1) is 0 Å². The van der Waals surface area contributed by atoms with Crippen molar-refractivity contribution in [1.82, 2.24) is 10.2 Å². The molecule has 2 unspecified atom stereocenters. The van der Waals surface area contributed by atoms with Crippen LogP contribution in [0.25, 0.3) is 0 Å². The number of rotatable bonds is 7. The van der Waals surface area contributed by atoms with Gasteiger partial charge in [-0.25, -0.2) is 0 Å². The second-order valence-corrected chi connectivity index (χ2v) is 6.44. The third kappa shape index (κ3) is 2.91. The van der Waals surface area contributed by atoms with Crippen LogP contribution >= 0.6 is 0 Å². The molecule has 0 aromatic heterocycles. The Morgan fingerprint density at radius 2 is 2.00 bits per heavy atom. The van der Waals surface area contributed by atoms with E-state index < -0.39 is 0 Å². The highest BCUT2D eigenvalue weighted by molar-refractivity contribution is 5.37. The van der Waals surface area contributed by atoms with Gasteiger partial charge in [-0.1, -0.05) is 38.1 Å². The van der Waals surface area contributed by atoms with Crippen molar-refractivity contribution >= 4 is 0 Å². The lowest BCUT2D eigenvalue weighted by Gasteiger charge is -2.33. The van der Waals surface area contributed by atoms with E-state index in [1.54, 1.807) is 5.56 Å². The Kier molecular flexibility index (Phi) is 4.42. The highest BCUT2D eigenvalue weighted by atomic mass is 15.2. The zero-order valence-corrected chi connectivity index (χ0v) is 12.9. The molecular weight excluding hydrogens is 244 g/mol. The van der Waals surface area contributed by atoms with Crippen molar-refractivity contribution < 1.29 is 0 Å². The van der Waals surface area contributed by atoms with E-state index in [-0.39, 0.29) is 0 Å². The lowest BCUT2D eigenvalue weighted by atomic mass is 10.1. The average Bonchev–Trinajstić information content (AvgIpc) is 3.20. The van der Waals surface area contributed by atoms with Gasteiger partial charge in [-0.3, -0.25) is 4.90 Å². The topological polar surface area (TPSA) is 15.3 Å². The third-order valence-corrected chi connectivity index (χ3v) is 4.80. The van der Waals surface area contributed by atoms with Crippen molar-refractivity contribution in [3.63, 3.8) is 0 Å². The van der Waals surface area contributed by atoms with E-state index in [0.29, 0.717) is 12.1 Å². The first-order valence-electron chi connectivity index (χ1n) is 8.38. The van der Waals surface area contributed by atoms with Crippen molar-refractivity contribution in [2.24, 2.45) is 5.92 Å². The number of benzene rings is 1. The van der Waals surface area contributed by atoms with Crippen LogP contribution in [0.1, 0.15) is 50.3 Å². The first-order valence-corrected chi connectivity index (χ1v) is 8.38. The van der Waals surface area contributed by atoms with Gasteiger partial charge in [-0.05, 0) is 55.8 Å². The fourth-order valence-electron chi connectivity index (χ4n) is 3.69. The molecule has 2 nitrogen and oxygen atoms in total. The maximum Gasteiger partial charge on any atom is 0.0484 e. The Bertz CT molecular complexity index is 439. The van der Waals surface area contributed by atoms with Gasteiger partial charge in [0.25, 0.3) is 0 Å². The van der Waals surface area contributed by atoms with Crippen molar-refractivity contribution in [3.8, 4) is 0 Å². The van der Waals surface area contributed by atoms with Gasteiger partial charge in [-0.15, -0.1) is 0 Å². The minimum atomic E-state index is 0.529. The Morgan fingerprint density at radius 3 is 2.70 bits per heavy atom. The molecule has 1 aromatic carbocycles. The fourth-order valence-corrected chi connectivity index (χ4v) is 3.69. The van der Waals surface area contributed by atoms with Crippen LogP contribution in [0, 0.1) is 5.92 Å². The van der Waals surface area contributed by atoms with Crippen molar-refractivity contribution in [1.29, 1.82) is 0 Å². The Labute approximate surface area is 123 Å². The molecule has 3 rings (SSSR count). The predicted octanol–water partition coefficient (Wildman–Crippen LogP) is 3.38. The molecule has 1 saturated carbocycles. The number of fused-ring (bicyclic) bond motifs is 1. The van der Waals surface area contributed by atoms with Crippen LogP contribution in [0.4, 0.5) is 0 Å². The van der Waals surface area contributed by atoms with E-state index in [0.717, 1.165) is 12.5 Å². The molecule has 2 aliphatic rings. The molecule has 0 amide bonds. The quantitative estimate of drug-likeness (QED) is 0.818. The molecule has 0 spiro atoms. The third-order valence-electron chi connectivity index (χ3n) is 4.80. The number of likely N-dealkylation sites (N-methyl/N-ethyl adjacent to an activating group) is 1. The molecule has 20 heavy (non-hydrogen) atoms. The van der Waals surface area contributed by atoms with E-state index >= 15 is 0 Å². The molecule has 1 N–H and O–H groups in total. The maximum absolute atomic E-state index is 3.74. The summed E-state index contributed by atoms with van der Waals surface area (Å²) < 4.78 is 0. The Morgan fingerprint density at radius 1 is 1.20 bits per heavy atom. The molecule has 110 valence electrons. The summed E-state index contributed by atoms with van der Waals surface area (Å²) in [5.74, 6) is 0.979. The summed E-state index contributed by atoms with van der Waals surface area (Å²) >= 11 is 0. The van der Waals surface area contributed by atoms with Crippen molar-refractivity contribution in [2.45, 2.75) is 51.6 Å². The number of hydrogen-bond donors (Lipinski definition) is 1. The van der Waals surface area contributed by atoms with Gasteiger partial charge < -0.3 is 5.32 Å². The van der Waals surface area contributed by atoms with Crippen LogP contribution in [-0.4, -0.2) is 30.6 Å². The molecule has 2 aliphatic carbocycles. The molecule has 0 bridgehead atoms. The highest BCUT2D eigenvalue weighted by Gasteiger charge is 2.37. The molecule has 0 heterocycles. The normalized spacial score (nSPS) is 25.1. The van der Waals surface area contributed by atoms with Crippen molar-refractivity contribution in [2.75, 3.05) is 19.6 Å². The van der Waals surface area contributed by atoms with E-state index in [9.17, 15) is 0 Å². The zero-order valence-electron chi connectivity index (χ0n) is 12.9. The number of hydrogen-bond acceptors (Lipinski definition) is 2. The standard InChI is InChI=1S/C18H28N2/c1-3-11-20(13-14-9-10-14)17-12-15-7-5-6-8-16(15)18(17)19-4-2/h5-8,14,17-19H,3-4,9-13H2,1-2H3.